The molecule has 0 radical (unpaired) electrons. The number of para-hydroxylation sites is 1. The lowest BCUT2D eigenvalue weighted by Gasteiger charge is -2.30. The van der Waals surface area contributed by atoms with E-state index in [0.29, 0.717) is 23.2 Å². The summed E-state index contributed by atoms with van der Waals surface area (Å²) in [5, 5.41) is 9.35. The number of hydrogen-bond donors (Lipinski definition) is 0. The van der Waals surface area contributed by atoms with Gasteiger partial charge in [0.2, 0.25) is 23.2 Å². The second-order valence-corrected chi connectivity index (χ2v) is 8.03. The van der Waals surface area contributed by atoms with Crippen molar-refractivity contribution in [2.24, 2.45) is 0 Å². The molecule has 6 nitrogen and oxygen atoms in total. The van der Waals surface area contributed by atoms with Crippen LogP contribution in [0.3, 0.4) is 0 Å². The first-order chi connectivity index (χ1) is 14.7. The van der Waals surface area contributed by atoms with Crippen LogP contribution in [0.1, 0.15) is 44.9 Å². The van der Waals surface area contributed by atoms with Gasteiger partial charge in [0.05, 0.1) is 5.69 Å². The third kappa shape index (κ3) is 4.03. The molecule has 2 aromatic carbocycles. The Kier molecular flexibility index (Phi) is 6.28. The van der Waals surface area contributed by atoms with E-state index in [-0.39, 0.29) is 5.91 Å². The Balaban J connectivity index is 1.85. The van der Waals surface area contributed by atoms with E-state index in [1.165, 1.54) is 0 Å². The number of benzene rings is 2. The highest BCUT2D eigenvalue weighted by atomic mass is 32.2. The number of nitrogens with zero attached hydrogens (tertiary/aromatic N) is 4. The van der Waals surface area contributed by atoms with Crippen LogP contribution in [0.4, 0.5) is 5.69 Å². The molecule has 1 aliphatic heterocycles. The van der Waals surface area contributed by atoms with Gasteiger partial charge in [-0.1, -0.05) is 80.6 Å². The topological polar surface area (TPSA) is 68.2 Å². The second kappa shape index (κ2) is 9.26. The number of fused-ring (bicyclic) bond motifs is 3. The molecular weight excluding hydrogens is 396 g/mol. The lowest BCUT2D eigenvalue weighted by Crippen LogP contribution is -2.37. The average molecular weight is 421 g/mol. The first-order valence-electron chi connectivity index (χ1n) is 10.2. The van der Waals surface area contributed by atoms with Crippen LogP contribution in [-0.4, -0.2) is 26.8 Å². The fraction of sp³-hybridized carbons (Fsp3) is 0.304. The molecule has 4 rings (SSSR count). The van der Waals surface area contributed by atoms with Gasteiger partial charge in [-0.3, -0.25) is 9.69 Å². The number of anilines is 1. The maximum Gasteiger partial charge on any atom is 0.247 e. The van der Waals surface area contributed by atoms with Crippen molar-refractivity contribution < 1.29 is 9.53 Å². The van der Waals surface area contributed by atoms with Gasteiger partial charge in [0.15, 0.2) is 5.69 Å². The van der Waals surface area contributed by atoms with Crippen LogP contribution in [0.15, 0.2) is 59.8 Å². The molecule has 0 saturated carbocycles. The Labute approximate surface area is 180 Å². The minimum absolute atomic E-state index is 0.0328. The van der Waals surface area contributed by atoms with E-state index in [1.54, 1.807) is 16.7 Å². The van der Waals surface area contributed by atoms with Gasteiger partial charge in [-0.15, -0.1) is 10.2 Å². The van der Waals surface area contributed by atoms with Crippen molar-refractivity contribution in [3.8, 4) is 17.1 Å². The van der Waals surface area contributed by atoms with E-state index in [2.05, 4.69) is 22.1 Å². The van der Waals surface area contributed by atoms with Crippen LogP contribution in [0, 0.1) is 0 Å². The highest BCUT2D eigenvalue weighted by molar-refractivity contribution is 7.99. The molecule has 2 heterocycles. The smallest absolute Gasteiger partial charge is 0.247 e. The summed E-state index contributed by atoms with van der Waals surface area (Å²) in [7, 11) is 0. The lowest BCUT2D eigenvalue weighted by molar-refractivity contribution is -0.120. The largest absolute Gasteiger partial charge is 0.447 e. The fourth-order valence-electron chi connectivity index (χ4n) is 3.36. The predicted octanol–water partition coefficient (Wildman–Crippen LogP) is 5.27. The number of hydrogen-bond acceptors (Lipinski definition) is 6. The van der Waals surface area contributed by atoms with Crippen molar-refractivity contribution in [1.29, 1.82) is 0 Å². The summed E-state index contributed by atoms with van der Waals surface area (Å²) in [6, 6.07) is 17.4. The SMILES string of the molecule is CCCCSc1nnc2c(n1)O[C@H](c1ccccc1)N(C(=O)CC)c1ccccc1-2. The van der Waals surface area contributed by atoms with Crippen LogP contribution in [0.25, 0.3) is 11.3 Å². The number of aromatic nitrogens is 3. The van der Waals surface area contributed by atoms with Crippen LogP contribution < -0.4 is 9.64 Å². The molecule has 1 atom stereocenters. The molecule has 154 valence electrons. The standard InChI is InChI=1S/C23H24N4O2S/c1-3-5-15-30-23-24-21-20(25-26-23)17-13-9-10-14-18(17)27(19(28)4-2)22(29-21)16-11-7-6-8-12-16/h6-14,22H,3-5,15H2,1-2H3/t22-/m1/s1. The lowest BCUT2D eigenvalue weighted by atomic mass is 10.1. The van der Waals surface area contributed by atoms with E-state index >= 15 is 0 Å². The van der Waals surface area contributed by atoms with Crippen LogP contribution >= 0.6 is 11.8 Å². The molecule has 0 fully saturated rings. The van der Waals surface area contributed by atoms with Gasteiger partial charge < -0.3 is 4.74 Å². The summed E-state index contributed by atoms with van der Waals surface area (Å²) < 4.78 is 6.39. The molecule has 0 N–H and O–H groups in total. The normalized spacial score (nSPS) is 15.0. The number of amides is 1. The number of rotatable bonds is 6. The van der Waals surface area contributed by atoms with E-state index in [4.69, 9.17) is 4.74 Å². The Morgan fingerprint density at radius 1 is 1.07 bits per heavy atom. The van der Waals surface area contributed by atoms with E-state index in [0.717, 1.165) is 35.4 Å². The zero-order chi connectivity index (χ0) is 20.9. The Bertz CT molecular complexity index is 1030. The molecule has 0 bridgehead atoms. The number of thioether (sulfide) groups is 1. The van der Waals surface area contributed by atoms with Crippen LogP contribution in [0.2, 0.25) is 0 Å². The highest BCUT2D eigenvalue weighted by Gasteiger charge is 2.35. The van der Waals surface area contributed by atoms with Gasteiger partial charge >= 0.3 is 0 Å². The maximum absolute atomic E-state index is 13.0. The van der Waals surface area contributed by atoms with E-state index < -0.39 is 6.23 Å². The van der Waals surface area contributed by atoms with Crippen molar-refractivity contribution in [3.63, 3.8) is 0 Å². The minimum Gasteiger partial charge on any atom is -0.447 e. The first-order valence-corrected chi connectivity index (χ1v) is 11.2. The molecular formula is C23H24N4O2S. The van der Waals surface area contributed by atoms with Gasteiger partial charge in [-0.25, -0.2) is 0 Å². The zero-order valence-corrected chi connectivity index (χ0v) is 17.9. The zero-order valence-electron chi connectivity index (χ0n) is 17.1. The summed E-state index contributed by atoms with van der Waals surface area (Å²) in [4.78, 5) is 19.4. The van der Waals surface area contributed by atoms with Crippen LogP contribution in [0.5, 0.6) is 5.88 Å². The summed E-state index contributed by atoms with van der Waals surface area (Å²) >= 11 is 1.57. The van der Waals surface area contributed by atoms with Crippen molar-refractivity contribution in [1.82, 2.24) is 15.2 Å². The van der Waals surface area contributed by atoms with Gasteiger partial charge in [0.1, 0.15) is 0 Å². The van der Waals surface area contributed by atoms with Gasteiger partial charge in [0, 0.05) is 23.3 Å². The van der Waals surface area contributed by atoms with Gasteiger partial charge in [0.25, 0.3) is 0 Å². The van der Waals surface area contributed by atoms with Crippen molar-refractivity contribution in [2.75, 3.05) is 10.7 Å². The molecule has 3 aromatic rings. The highest BCUT2D eigenvalue weighted by Crippen LogP contribution is 2.43. The average Bonchev–Trinajstić information content (AvgIpc) is 2.94. The summed E-state index contributed by atoms with van der Waals surface area (Å²) in [5.74, 6) is 1.29. The second-order valence-electron chi connectivity index (χ2n) is 6.97. The predicted molar refractivity (Wildman–Crippen MR) is 118 cm³/mol. The van der Waals surface area contributed by atoms with Crippen molar-refractivity contribution in [3.05, 3.63) is 60.2 Å². The van der Waals surface area contributed by atoms with Crippen LogP contribution in [-0.2, 0) is 4.79 Å². The molecule has 0 unspecified atom stereocenters. The summed E-state index contributed by atoms with van der Waals surface area (Å²) in [6.07, 6.45) is 1.92. The summed E-state index contributed by atoms with van der Waals surface area (Å²) in [6.45, 7) is 4.01. The molecule has 1 amide bonds. The Hall–Kier alpha value is -2.93. The molecule has 0 aliphatic carbocycles. The Morgan fingerprint density at radius 2 is 1.83 bits per heavy atom. The maximum atomic E-state index is 13.0. The minimum atomic E-state index is -0.633. The van der Waals surface area contributed by atoms with Gasteiger partial charge in [-0.05, 0) is 12.5 Å². The summed E-state index contributed by atoms with van der Waals surface area (Å²) in [5.41, 5.74) is 2.97. The number of carbonyl (C=O) groups excluding carboxylic acids is 1. The van der Waals surface area contributed by atoms with E-state index in [9.17, 15) is 4.79 Å². The van der Waals surface area contributed by atoms with Crippen molar-refractivity contribution in [2.45, 2.75) is 44.5 Å². The number of carbonyl (C=O) groups is 1. The molecule has 1 aromatic heterocycles. The van der Waals surface area contributed by atoms with Gasteiger partial charge in [-0.2, -0.15) is 4.98 Å². The number of unbranched alkanes of at least 4 members (excludes halogenated alkanes) is 1. The molecule has 0 spiro atoms. The monoisotopic (exact) mass is 420 g/mol. The quantitative estimate of drug-likeness (QED) is 0.400. The molecule has 0 saturated heterocycles. The molecule has 1 aliphatic rings. The molecule has 7 heteroatoms. The number of ether oxygens (including phenoxy) is 1. The third-order valence-electron chi connectivity index (χ3n) is 4.90. The molecule has 30 heavy (non-hydrogen) atoms. The third-order valence-corrected chi connectivity index (χ3v) is 5.82. The van der Waals surface area contributed by atoms with Crippen molar-refractivity contribution >= 4 is 23.4 Å². The fourth-order valence-corrected chi connectivity index (χ4v) is 4.22. The first kappa shape index (κ1) is 20.3. The van der Waals surface area contributed by atoms with E-state index in [1.807, 2.05) is 61.5 Å². The Morgan fingerprint density at radius 3 is 2.60 bits per heavy atom.